The van der Waals surface area contributed by atoms with Gasteiger partial charge in [0.2, 0.25) is 0 Å². The molecule has 0 fully saturated rings. The molecule has 2 aromatic rings. The van der Waals surface area contributed by atoms with E-state index in [1.807, 2.05) is 0 Å². The molecule has 0 spiro atoms. The van der Waals surface area contributed by atoms with Crippen LogP contribution in [0, 0.1) is 0 Å². The molecule has 2 amide bonds. The third kappa shape index (κ3) is 3.77. The molecule has 0 aliphatic rings. The third-order valence-corrected chi connectivity index (χ3v) is 5.35. The normalized spacial score (nSPS) is 10.5. The molecule has 6 nitrogen and oxygen atoms in total. The van der Waals surface area contributed by atoms with Gasteiger partial charge in [-0.05, 0) is 23.1 Å². The van der Waals surface area contributed by atoms with Gasteiger partial charge in [0.05, 0.1) is 6.67 Å². The Labute approximate surface area is 146 Å². The molecule has 0 radical (unpaired) electrons. The maximum Gasteiger partial charge on any atom is 0.273 e. The predicted molar refractivity (Wildman–Crippen MR) is 84.1 cm³/mol. The third-order valence-electron chi connectivity index (χ3n) is 2.12. The quantitative estimate of drug-likeness (QED) is 0.764. The lowest BCUT2D eigenvalue weighted by molar-refractivity contribution is 0.0916. The largest absolute Gasteiger partial charge is 0.333 e. The Kier molecular flexibility index (Phi) is 5.64. The lowest BCUT2D eigenvalue weighted by atomic mass is 10.4. The summed E-state index contributed by atoms with van der Waals surface area (Å²) < 4.78 is 8.02. The zero-order chi connectivity index (χ0) is 15.6. The lowest BCUT2D eigenvalue weighted by Gasteiger charge is -2.05. The molecule has 0 saturated carbocycles. The van der Waals surface area contributed by atoms with Gasteiger partial charge in [-0.1, -0.05) is 46.4 Å². The zero-order valence-corrected chi connectivity index (χ0v) is 14.4. The van der Waals surface area contributed by atoms with Gasteiger partial charge in [-0.15, -0.1) is 0 Å². The maximum absolute atomic E-state index is 11.7. The average molecular weight is 406 g/mol. The molecule has 0 atom stereocenters. The summed E-state index contributed by atoms with van der Waals surface area (Å²) in [5, 5.41) is 4.96. The number of nitrogens with one attached hydrogen (secondary N) is 2. The molecule has 2 N–H and O–H groups in total. The molecule has 2 aromatic heterocycles. The van der Waals surface area contributed by atoms with Gasteiger partial charge in [-0.3, -0.25) is 9.59 Å². The van der Waals surface area contributed by atoms with E-state index in [1.165, 1.54) is 0 Å². The van der Waals surface area contributed by atoms with E-state index in [9.17, 15) is 9.59 Å². The Bertz CT molecular complexity index is 644. The first-order chi connectivity index (χ1) is 9.91. The van der Waals surface area contributed by atoms with Crippen molar-refractivity contribution in [1.29, 1.82) is 0 Å². The van der Waals surface area contributed by atoms with E-state index < -0.39 is 11.8 Å². The van der Waals surface area contributed by atoms with E-state index >= 15 is 0 Å². The number of carbonyl (C=O) groups is 2. The predicted octanol–water partition coefficient (Wildman–Crippen LogP) is 3.33. The van der Waals surface area contributed by atoms with Crippen molar-refractivity contribution in [2.24, 2.45) is 0 Å². The second kappa shape index (κ2) is 7.08. The van der Waals surface area contributed by atoms with Gasteiger partial charge >= 0.3 is 0 Å². The summed E-state index contributed by atoms with van der Waals surface area (Å²) in [4.78, 5) is 23.5. The van der Waals surface area contributed by atoms with Crippen LogP contribution < -0.4 is 10.6 Å². The minimum absolute atomic E-state index is 0.00403. The van der Waals surface area contributed by atoms with Crippen LogP contribution in [0.25, 0.3) is 0 Å². The van der Waals surface area contributed by atoms with Crippen molar-refractivity contribution in [2.45, 2.75) is 0 Å². The summed E-state index contributed by atoms with van der Waals surface area (Å²) in [6, 6.07) is 0. The fourth-order valence-corrected chi connectivity index (χ4v) is 3.17. The first-order valence-corrected chi connectivity index (χ1v) is 8.15. The number of rotatable bonds is 4. The SMILES string of the molecule is O=C(NCNC(=O)c1nsc(Cl)c1Cl)c1nsc(Cl)c1Cl. The van der Waals surface area contributed by atoms with E-state index in [0.29, 0.717) is 0 Å². The summed E-state index contributed by atoms with van der Waals surface area (Å²) in [5.41, 5.74) is -0.00805. The topological polar surface area (TPSA) is 84.0 Å². The molecule has 0 unspecified atom stereocenters. The van der Waals surface area contributed by atoms with Crippen LogP contribution in [0.2, 0.25) is 18.7 Å². The minimum Gasteiger partial charge on any atom is -0.333 e. The van der Waals surface area contributed by atoms with Gasteiger partial charge in [-0.25, -0.2) is 0 Å². The second-order valence-corrected chi connectivity index (χ2v) is 6.93. The van der Waals surface area contributed by atoms with Crippen LogP contribution in [0.3, 0.4) is 0 Å². The van der Waals surface area contributed by atoms with Crippen molar-refractivity contribution >= 4 is 81.3 Å². The number of hydrogen-bond acceptors (Lipinski definition) is 6. The number of aromatic nitrogens is 2. The average Bonchev–Trinajstić information content (AvgIpc) is 2.95. The molecule has 112 valence electrons. The standard InChI is InChI=1S/C9H4Cl4N4O2S2/c10-2-4(16-20-6(2)12)8(18)14-1-15-9(19)5-3(11)7(13)21-17-5/h1H2,(H,14,18)(H,15,19). The Morgan fingerprint density at radius 2 is 1.24 bits per heavy atom. The number of amides is 2. The highest BCUT2D eigenvalue weighted by Crippen LogP contribution is 2.30. The van der Waals surface area contributed by atoms with Gasteiger partial charge in [0, 0.05) is 0 Å². The van der Waals surface area contributed by atoms with Gasteiger partial charge < -0.3 is 10.6 Å². The van der Waals surface area contributed by atoms with E-state index in [2.05, 4.69) is 19.4 Å². The summed E-state index contributed by atoms with van der Waals surface area (Å²) in [7, 11) is 0. The molecule has 2 heterocycles. The fourth-order valence-electron chi connectivity index (χ4n) is 1.17. The molecular formula is C9H4Cl4N4O2S2. The second-order valence-electron chi connectivity index (χ2n) is 3.43. The van der Waals surface area contributed by atoms with E-state index in [-0.39, 0.29) is 36.8 Å². The fraction of sp³-hybridized carbons (Fsp3) is 0.111. The highest BCUT2D eigenvalue weighted by molar-refractivity contribution is 7.12. The molecule has 0 bridgehead atoms. The molecular weight excluding hydrogens is 402 g/mol. The maximum atomic E-state index is 11.7. The molecule has 0 saturated heterocycles. The minimum atomic E-state index is -0.564. The number of halogens is 4. The summed E-state index contributed by atoms with van der Waals surface area (Å²) >= 11 is 24.8. The van der Waals surface area contributed by atoms with Crippen LogP contribution in [0.5, 0.6) is 0 Å². The van der Waals surface area contributed by atoms with E-state index in [0.717, 1.165) is 23.1 Å². The summed E-state index contributed by atoms with van der Waals surface area (Å²) in [6.07, 6.45) is 0. The molecule has 0 aliphatic heterocycles. The van der Waals surface area contributed by atoms with Gasteiger partial charge in [-0.2, -0.15) is 8.75 Å². The Balaban J connectivity index is 1.90. The first kappa shape index (κ1) is 16.7. The number of nitrogens with zero attached hydrogens (tertiary/aromatic N) is 2. The Hall–Kier alpha value is -0.640. The van der Waals surface area contributed by atoms with Gasteiger partial charge in [0.1, 0.15) is 18.7 Å². The van der Waals surface area contributed by atoms with Crippen molar-refractivity contribution < 1.29 is 9.59 Å². The van der Waals surface area contributed by atoms with Crippen LogP contribution in [-0.2, 0) is 0 Å². The molecule has 21 heavy (non-hydrogen) atoms. The van der Waals surface area contributed by atoms with Gasteiger partial charge in [0.25, 0.3) is 11.8 Å². The van der Waals surface area contributed by atoms with Crippen molar-refractivity contribution in [3.63, 3.8) is 0 Å². The van der Waals surface area contributed by atoms with E-state index in [4.69, 9.17) is 46.4 Å². The molecule has 0 aliphatic carbocycles. The van der Waals surface area contributed by atoms with Crippen molar-refractivity contribution in [3.8, 4) is 0 Å². The molecule has 12 heteroatoms. The first-order valence-electron chi connectivity index (χ1n) is 5.09. The monoisotopic (exact) mass is 404 g/mol. The number of hydrogen-bond donors (Lipinski definition) is 2. The van der Waals surface area contributed by atoms with Gasteiger partial charge in [0.15, 0.2) is 11.4 Å². The van der Waals surface area contributed by atoms with Crippen LogP contribution in [0.4, 0.5) is 0 Å². The molecule has 2 rings (SSSR count). The highest BCUT2D eigenvalue weighted by atomic mass is 35.5. The lowest BCUT2D eigenvalue weighted by Crippen LogP contribution is -2.37. The van der Waals surface area contributed by atoms with Crippen LogP contribution >= 0.6 is 69.5 Å². The molecule has 0 aromatic carbocycles. The Morgan fingerprint density at radius 3 is 1.52 bits per heavy atom. The Morgan fingerprint density at radius 1 is 0.857 bits per heavy atom. The van der Waals surface area contributed by atoms with E-state index in [1.54, 1.807) is 0 Å². The van der Waals surface area contributed by atoms with Crippen molar-refractivity contribution in [3.05, 3.63) is 30.1 Å². The zero-order valence-electron chi connectivity index (χ0n) is 9.75. The van der Waals surface area contributed by atoms with Crippen LogP contribution in [0.1, 0.15) is 21.0 Å². The number of carbonyl (C=O) groups excluding carboxylic acids is 2. The summed E-state index contributed by atoms with van der Waals surface area (Å²) in [6.45, 7) is -0.158. The smallest absolute Gasteiger partial charge is 0.273 e. The van der Waals surface area contributed by atoms with Crippen LogP contribution in [0.15, 0.2) is 0 Å². The van der Waals surface area contributed by atoms with Crippen molar-refractivity contribution in [2.75, 3.05) is 6.67 Å². The summed E-state index contributed by atoms with van der Waals surface area (Å²) in [5.74, 6) is -1.13. The highest BCUT2D eigenvalue weighted by Gasteiger charge is 2.19. The van der Waals surface area contributed by atoms with Crippen LogP contribution in [-0.4, -0.2) is 27.2 Å². The van der Waals surface area contributed by atoms with Crippen molar-refractivity contribution in [1.82, 2.24) is 19.4 Å².